The van der Waals surface area contributed by atoms with Crippen molar-refractivity contribution >= 4 is 17.8 Å². The van der Waals surface area contributed by atoms with Gasteiger partial charge in [0.15, 0.2) is 0 Å². The van der Waals surface area contributed by atoms with Gasteiger partial charge in [-0.3, -0.25) is 4.99 Å². The third kappa shape index (κ3) is 4.06. The van der Waals surface area contributed by atoms with Crippen molar-refractivity contribution < 1.29 is 5.11 Å². The van der Waals surface area contributed by atoms with Gasteiger partial charge in [0, 0.05) is 11.2 Å². The minimum Gasteiger partial charge on any atom is -0.391 e. The van der Waals surface area contributed by atoms with Gasteiger partial charge >= 0.3 is 0 Å². The smallest absolute Gasteiger partial charge is 0.0707 e. The molecule has 1 atom stereocenters. The average Bonchev–Trinajstić information content (AvgIpc) is 2.08. The molecule has 2 nitrogen and oxygen atoms in total. The van der Waals surface area contributed by atoms with Crippen LogP contribution in [-0.2, 0) is 0 Å². The summed E-state index contributed by atoms with van der Waals surface area (Å²) >= 11 is 5.71. The molecule has 3 heteroatoms. The molecule has 0 aliphatic rings. The molecule has 1 aromatic rings. The predicted molar refractivity (Wildman–Crippen MR) is 55.6 cm³/mol. The van der Waals surface area contributed by atoms with Gasteiger partial charge in [-0.2, -0.15) is 0 Å². The van der Waals surface area contributed by atoms with E-state index in [1.807, 2.05) is 24.3 Å². The molecular formula is C10H12ClNO. The zero-order valence-corrected chi connectivity index (χ0v) is 8.20. The second kappa shape index (κ2) is 5.00. The zero-order valence-electron chi connectivity index (χ0n) is 7.44. The maximum absolute atomic E-state index is 8.94. The molecule has 0 saturated heterocycles. The summed E-state index contributed by atoms with van der Waals surface area (Å²) in [7, 11) is 0. The van der Waals surface area contributed by atoms with Gasteiger partial charge in [0.05, 0.1) is 12.6 Å². The molecule has 0 spiro atoms. The van der Waals surface area contributed by atoms with Crippen molar-refractivity contribution in [2.75, 3.05) is 6.54 Å². The van der Waals surface area contributed by atoms with Gasteiger partial charge < -0.3 is 5.11 Å². The lowest BCUT2D eigenvalue weighted by atomic mass is 10.2. The Balaban J connectivity index is 2.54. The Hall–Kier alpha value is -0.860. The first-order valence-corrected chi connectivity index (χ1v) is 4.50. The number of aliphatic hydroxyl groups excluding tert-OH is 1. The fourth-order valence-corrected chi connectivity index (χ4v) is 0.985. The molecule has 1 unspecified atom stereocenters. The summed E-state index contributed by atoms with van der Waals surface area (Å²) in [4.78, 5) is 4.05. The highest BCUT2D eigenvalue weighted by atomic mass is 35.5. The Kier molecular flexibility index (Phi) is 3.93. The molecule has 0 bridgehead atoms. The predicted octanol–water partition coefficient (Wildman–Crippen LogP) is 2.14. The molecule has 1 aromatic carbocycles. The lowest BCUT2D eigenvalue weighted by molar-refractivity contribution is 0.204. The van der Waals surface area contributed by atoms with E-state index in [9.17, 15) is 0 Å². The van der Waals surface area contributed by atoms with Crippen molar-refractivity contribution in [1.82, 2.24) is 0 Å². The largest absolute Gasteiger partial charge is 0.391 e. The van der Waals surface area contributed by atoms with Crippen molar-refractivity contribution in [1.29, 1.82) is 0 Å². The first kappa shape index (κ1) is 10.2. The first-order valence-electron chi connectivity index (χ1n) is 4.12. The van der Waals surface area contributed by atoms with Crippen LogP contribution in [0.1, 0.15) is 12.5 Å². The van der Waals surface area contributed by atoms with E-state index in [-0.39, 0.29) is 6.10 Å². The molecule has 13 heavy (non-hydrogen) atoms. The normalized spacial score (nSPS) is 13.5. The lowest BCUT2D eigenvalue weighted by Gasteiger charge is -1.97. The molecule has 0 radical (unpaired) electrons. The van der Waals surface area contributed by atoms with Crippen LogP contribution in [0.5, 0.6) is 0 Å². The van der Waals surface area contributed by atoms with Crippen molar-refractivity contribution in [3.05, 3.63) is 34.9 Å². The Bertz CT molecular complexity index is 279. The van der Waals surface area contributed by atoms with Crippen LogP contribution in [0.25, 0.3) is 0 Å². The van der Waals surface area contributed by atoms with Crippen LogP contribution < -0.4 is 0 Å². The first-order chi connectivity index (χ1) is 6.18. The fraction of sp³-hybridized carbons (Fsp3) is 0.300. The van der Waals surface area contributed by atoms with Crippen LogP contribution >= 0.6 is 11.6 Å². The number of hydrogen-bond donors (Lipinski definition) is 1. The number of aliphatic imine (C=N–C) groups is 1. The number of benzene rings is 1. The van der Waals surface area contributed by atoms with E-state index in [4.69, 9.17) is 16.7 Å². The molecule has 0 heterocycles. The third-order valence-corrected chi connectivity index (χ3v) is 1.73. The van der Waals surface area contributed by atoms with Gasteiger partial charge in [-0.05, 0) is 24.6 Å². The van der Waals surface area contributed by atoms with E-state index < -0.39 is 0 Å². The van der Waals surface area contributed by atoms with Gasteiger partial charge in [-0.15, -0.1) is 0 Å². The Morgan fingerprint density at radius 3 is 2.62 bits per heavy atom. The quantitative estimate of drug-likeness (QED) is 0.740. The summed E-state index contributed by atoms with van der Waals surface area (Å²) in [6.07, 6.45) is 1.34. The molecule has 1 N–H and O–H groups in total. The number of hydrogen-bond acceptors (Lipinski definition) is 2. The van der Waals surface area contributed by atoms with Crippen LogP contribution in [0.4, 0.5) is 0 Å². The molecule has 70 valence electrons. The Morgan fingerprint density at radius 1 is 1.46 bits per heavy atom. The maximum atomic E-state index is 8.94. The molecule has 1 rings (SSSR count). The summed E-state index contributed by atoms with van der Waals surface area (Å²) in [6.45, 7) is 2.14. The van der Waals surface area contributed by atoms with E-state index >= 15 is 0 Å². The van der Waals surface area contributed by atoms with Gasteiger partial charge in [-0.25, -0.2) is 0 Å². The average molecular weight is 198 g/mol. The molecule has 0 aromatic heterocycles. The van der Waals surface area contributed by atoms with E-state index in [0.29, 0.717) is 11.6 Å². The summed E-state index contributed by atoms with van der Waals surface area (Å²) in [6, 6.07) is 7.39. The molecular weight excluding hydrogens is 186 g/mol. The minimum atomic E-state index is -0.386. The topological polar surface area (TPSA) is 32.6 Å². The molecule has 0 aliphatic heterocycles. The van der Waals surface area contributed by atoms with Crippen molar-refractivity contribution in [2.45, 2.75) is 13.0 Å². The number of aliphatic hydroxyl groups is 1. The van der Waals surface area contributed by atoms with Crippen molar-refractivity contribution in [2.24, 2.45) is 4.99 Å². The van der Waals surface area contributed by atoms with E-state index in [1.165, 1.54) is 0 Å². The van der Waals surface area contributed by atoms with Gasteiger partial charge in [-0.1, -0.05) is 23.7 Å². The third-order valence-electron chi connectivity index (χ3n) is 1.48. The van der Waals surface area contributed by atoms with Crippen LogP contribution in [0.2, 0.25) is 5.02 Å². The van der Waals surface area contributed by atoms with Gasteiger partial charge in [0.2, 0.25) is 0 Å². The molecule has 0 saturated carbocycles. The number of rotatable bonds is 3. The molecule has 0 fully saturated rings. The highest BCUT2D eigenvalue weighted by Gasteiger charge is 1.91. The second-order valence-corrected chi connectivity index (χ2v) is 3.33. The van der Waals surface area contributed by atoms with Crippen molar-refractivity contribution in [3.63, 3.8) is 0 Å². The monoisotopic (exact) mass is 197 g/mol. The SMILES string of the molecule is CC(O)CN=Cc1ccc(Cl)cc1. The van der Waals surface area contributed by atoms with E-state index in [1.54, 1.807) is 13.1 Å². The highest BCUT2D eigenvalue weighted by Crippen LogP contribution is 2.07. The summed E-state index contributed by atoms with van der Waals surface area (Å²) in [5.41, 5.74) is 0.991. The molecule has 0 amide bonds. The van der Waals surface area contributed by atoms with Crippen molar-refractivity contribution in [3.8, 4) is 0 Å². The van der Waals surface area contributed by atoms with E-state index in [2.05, 4.69) is 4.99 Å². The summed E-state index contributed by atoms with van der Waals surface area (Å²) in [5.74, 6) is 0. The van der Waals surface area contributed by atoms with Gasteiger partial charge in [0.1, 0.15) is 0 Å². The number of halogens is 1. The summed E-state index contributed by atoms with van der Waals surface area (Å²) < 4.78 is 0. The zero-order chi connectivity index (χ0) is 9.68. The number of nitrogens with zero attached hydrogens (tertiary/aromatic N) is 1. The lowest BCUT2D eigenvalue weighted by Crippen LogP contribution is -2.03. The Labute approximate surface area is 82.9 Å². The summed E-state index contributed by atoms with van der Waals surface area (Å²) in [5, 5.41) is 9.66. The standard InChI is InChI=1S/C10H12ClNO/c1-8(13)6-12-7-9-2-4-10(11)5-3-9/h2-5,7-8,13H,6H2,1H3. The highest BCUT2D eigenvalue weighted by molar-refractivity contribution is 6.30. The second-order valence-electron chi connectivity index (χ2n) is 2.89. The fourth-order valence-electron chi connectivity index (χ4n) is 0.860. The van der Waals surface area contributed by atoms with Gasteiger partial charge in [0.25, 0.3) is 0 Å². The van der Waals surface area contributed by atoms with Crippen LogP contribution in [0, 0.1) is 0 Å². The van der Waals surface area contributed by atoms with E-state index in [0.717, 1.165) is 5.56 Å². The minimum absolute atomic E-state index is 0.386. The van der Waals surface area contributed by atoms with Crippen LogP contribution in [-0.4, -0.2) is 24.0 Å². The Morgan fingerprint density at radius 2 is 2.08 bits per heavy atom. The van der Waals surface area contributed by atoms with Crippen LogP contribution in [0.3, 0.4) is 0 Å². The molecule has 0 aliphatic carbocycles. The maximum Gasteiger partial charge on any atom is 0.0707 e. The van der Waals surface area contributed by atoms with Crippen LogP contribution in [0.15, 0.2) is 29.3 Å².